The van der Waals surface area contributed by atoms with E-state index in [2.05, 4.69) is 36.4 Å². The third-order valence-corrected chi connectivity index (χ3v) is 4.63. The minimum atomic E-state index is -0.776. The molecule has 1 N–H and O–H groups in total. The highest BCUT2D eigenvalue weighted by Crippen LogP contribution is 2.41. The van der Waals surface area contributed by atoms with Crippen LogP contribution in [0.25, 0.3) is 12.2 Å². The molecule has 0 saturated carbocycles. The lowest BCUT2D eigenvalue weighted by atomic mass is 9.99. The van der Waals surface area contributed by atoms with Gasteiger partial charge in [0.2, 0.25) is 0 Å². The first-order chi connectivity index (χ1) is 9.75. The van der Waals surface area contributed by atoms with Gasteiger partial charge in [0.1, 0.15) is 0 Å². The van der Waals surface area contributed by atoms with Gasteiger partial charge in [-0.3, -0.25) is 4.79 Å². The van der Waals surface area contributed by atoms with Crippen LogP contribution >= 0.6 is 11.8 Å². The molecule has 0 heterocycles. The summed E-state index contributed by atoms with van der Waals surface area (Å²) in [5, 5.41) is 9.04. The van der Waals surface area contributed by atoms with E-state index in [4.69, 9.17) is 5.11 Å². The second-order valence-electron chi connectivity index (χ2n) is 4.68. The predicted octanol–water partition coefficient (Wildman–Crippen LogP) is 4.08. The Morgan fingerprint density at radius 1 is 0.950 bits per heavy atom. The second-order valence-corrected chi connectivity index (χ2v) is 5.77. The Labute approximate surface area is 122 Å². The van der Waals surface area contributed by atoms with Crippen LogP contribution in [0.5, 0.6) is 0 Å². The second kappa shape index (κ2) is 5.55. The topological polar surface area (TPSA) is 37.3 Å². The van der Waals surface area contributed by atoms with Crippen molar-refractivity contribution in [1.29, 1.82) is 0 Å². The number of benzene rings is 2. The number of carbonyl (C=O) groups is 1. The van der Waals surface area contributed by atoms with E-state index in [0.717, 1.165) is 11.1 Å². The van der Waals surface area contributed by atoms with Gasteiger partial charge in [-0.2, -0.15) is 0 Å². The van der Waals surface area contributed by atoms with Gasteiger partial charge in [-0.15, -0.1) is 11.8 Å². The van der Waals surface area contributed by atoms with Crippen LogP contribution in [0.2, 0.25) is 0 Å². The van der Waals surface area contributed by atoms with Crippen molar-refractivity contribution >= 4 is 29.9 Å². The monoisotopic (exact) mass is 282 g/mol. The van der Waals surface area contributed by atoms with Crippen molar-refractivity contribution in [3.8, 4) is 0 Å². The molecule has 0 atom stereocenters. The van der Waals surface area contributed by atoms with E-state index >= 15 is 0 Å². The van der Waals surface area contributed by atoms with E-state index in [1.807, 2.05) is 24.3 Å². The van der Waals surface area contributed by atoms with Gasteiger partial charge in [-0.1, -0.05) is 60.7 Å². The quantitative estimate of drug-likeness (QED) is 0.921. The molecular formula is C17H14O2S. The van der Waals surface area contributed by atoms with E-state index in [1.165, 1.54) is 22.9 Å². The Morgan fingerprint density at radius 2 is 1.45 bits per heavy atom. The maximum absolute atomic E-state index is 10.9. The molecule has 2 nitrogen and oxygen atoms in total. The zero-order valence-electron chi connectivity index (χ0n) is 10.8. The van der Waals surface area contributed by atoms with E-state index in [1.54, 1.807) is 0 Å². The first-order valence-corrected chi connectivity index (χ1v) is 7.50. The summed E-state index contributed by atoms with van der Waals surface area (Å²) in [6.45, 7) is 0. The number of carboxylic acids is 1. The molecule has 2 aromatic carbocycles. The SMILES string of the molecule is O=C(O)CSC1c2ccccc2C=Cc2ccccc21. The summed E-state index contributed by atoms with van der Waals surface area (Å²) in [5.74, 6) is -0.671. The average Bonchev–Trinajstić information content (AvgIpc) is 2.62. The molecule has 2 aromatic rings. The van der Waals surface area contributed by atoms with Gasteiger partial charge in [-0.05, 0) is 22.3 Å². The molecule has 0 bridgehead atoms. The van der Waals surface area contributed by atoms with Crippen LogP contribution in [0.4, 0.5) is 0 Å². The summed E-state index contributed by atoms with van der Waals surface area (Å²) >= 11 is 1.46. The fraction of sp³-hybridized carbons (Fsp3) is 0.118. The van der Waals surface area contributed by atoms with Crippen molar-refractivity contribution in [2.45, 2.75) is 5.25 Å². The number of thioether (sulfide) groups is 1. The molecule has 3 heteroatoms. The number of hydrogen-bond donors (Lipinski definition) is 1. The number of rotatable bonds is 3. The van der Waals surface area contributed by atoms with Gasteiger partial charge in [0.15, 0.2) is 0 Å². The van der Waals surface area contributed by atoms with Crippen LogP contribution in [-0.2, 0) is 4.79 Å². The Hall–Kier alpha value is -2.00. The van der Waals surface area contributed by atoms with Crippen LogP contribution in [-0.4, -0.2) is 16.8 Å². The summed E-state index contributed by atoms with van der Waals surface area (Å²) in [5.41, 5.74) is 4.68. The molecule has 0 aromatic heterocycles. The van der Waals surface area contributed by atoms with Gasteiger partial charge >= 0.3 is 5.97 Å². The first kappa shape index (κ1) is 13.0. The van der Waals surface area contributed by atoms with Crippen LogP contribution in [0.3, 0.4) is 0 Å². The fourth-order valence-electron chi connectivity index (χ4n) is 2.48. The number of hydrogen-bond acceptors (Lipinski definition) is 2. The van der Waals surface area contributed by atoms with Crippen LogP contribution in [0.15, 0.2) is 48.5 Å². The predicted molar refractivity (Wildman–Crippen MR) is 83.7 cm³/mol. The Kier molecular flexibility index (Phi) is 3.61. The molecule has 0 radical (unpaired) electrons. The van der Waals surface area contributed by atoms with E-state index in [0.29, 0.717) is 0 Å². The van der Waals surface area contributed by atoms with Crippen LogP contribution in [0.1, 0.15) is 27.5 Å². The molecule has 0 unspecified atom stereocenters. The van der Waals surface area contributed by atoms with Crippen molar-refractivity contribution in [3.63, 3.8) is 0 Å². The van der Waals surface area contributed by atoms with Crippen LogP contribution in [0, 0.1) is 0 Å². The van der Waals surface area contributed by atoms with Crippen molar-refractivity contribution < 1.29 is 9.90 Å². The molecule has 1 aliphatic rings. The number of carboxylic acid groups (broad SMARTS) is 1. The lowest BCUT2D eigenvalue weighted by Crippen LogP contribution is -2.05. The Balaban J connectivity index is 2.10. The largest absolute Gasteiger partial charge is 0.481 e. The number of fused-ring (bicyclic) bond motifs is 2. The molecule has 1 aliphatic carbocycles. The first-order valence-electron chi connectivity index (χ1n) is 6.45. The van der Waals surface area contributed by atoms with Crippen molar-refractivity contribution in [3.05, 3.63) is 70.8 Å². The molecule has 0 aliphatic heterocycles. The molecule has 3 rings (SSSR count). The third-order valence-electron chi connectivity index (χ3n) is 3.37. The summed E-state index contributed by atoms with van der Waals surface area (Å²) in [4.78, 5) is 10.9. The van der Waals surface area contributed by atoms with E-state index in [9.17, 15) is 4.79 Å². The average molecular weight is 282 g/mol. The summed E-state index contributed by atoms with van der Waals surface area (Å²) in [6, 6.07) is 16.4. The van der Waals surface area contributed by atoms with E-state index < -0.39 is 5.97 Å². The molecule has 0 spiro atoms. The van der Waals surface area contributed by atoms with Gasteiger partial charge in [0, 0.05) is 0 Å². The maximum atomic E-state index is 10.9. The Morgan fingerprint density at radius 3 is 1.95 bits per heavy atom. The highest BCUT2D eigenvalue weighted by atomic mass is 32.2. The van der Waals surface area contributed by atoms with Crippen molar-refractivity contribution in [1.82, 2.24) is 0 Å². The zero-order valence-corrected chi connectivity index (χ0v) is 11.6. The van der Waals surface area contributed by atoms with Crippen LogP contribution < -0.4 is 0 Å². The smallest absolute Gasteiger partial charge is 0.313 e. The van der Waals surface area contributed by atoms with Gasteiger partial charge in [0.05, 0.1) is 11.0 Å². The standard InChI is InChI=1S/C17H14O2S/c18-16(19)11-20-17-14-7-3-1-5-12(14)9-10-13-6-2-4-8-15(13)17/h1-10,17H,11H2,(H,18,19). The van der Waals surface area contributed by atoms with Gasteiger partial charge in [0.25, 0.3) is 0 Å². The minimum Gasteiger partial charge on any atom is -0.481 e. The maximum Gasteiger partial charge on any atom is 0.313 e. The summed E-state index contributed by atoms with van der Waals surface area (Å²) < 4.78 is 0. The highest BCUT2D eigenvalue weighted by Gasteiger charge is 2.22. The summed E-state index contributed by atoms with van der Waals surface area (Å²) in [7, 11) is 0. The lowest BCUT2D eigenvalue weighted by molar-refractivity contribution is -0.133. The molecular weight excluding hydrogens is 268 g/mol. The minimum absolute atomic E-state index is 0.0634. The highest BCUT2D eigenvalue weighted by molar-refractivity contribution is 8.00. The molecule has 100 valence electrons. The Bertz CT molecular complexity index is 627. The van der Waals surface area contributed by atoms with E-state index in [-0.39, 0.29) is 11.0 Å². The molecule has 0 fully saturated rings. The van der Waals surface area contributed by atoms with Crippen molar-refractivity contribution in [2.24, 2.45) is 0 Å². The lowest BCUT2D eigenvalue weighted by Gasteiger charge is -2.19. The molecule has 0 amide bonds. The molecule has 0 saturated heterocycles. The number of aliphatic carboxylic acids is 1. The van der Waals surface area contributed by atoms with Gasteiger partial charge in [-0.25, -0.2) is 0 Å². The zero-order chi connectivity index (χ0) is 13.9. The third kappa shape index (κ3) is 2.49. The summed E-state index contributed by atoms with van der Waals surface area (Å²) in [6.07, 6.45) is 4.21. The molecule has 20 heavy (non-hydrogen) atoms. The van der Waals surface area contributed by atoms with Crippen molar-refractivity contribution in [2.75, 3.05) is 5.75 Å². The normalized spacial score (nSPS) is 13.4. The fourth-order valence-corrected chi connectivity index (χ4v) is 3.58. The van der Waals surface area contributed by atoms with Gasteiger partial charge < -0.3 is 5.11 Å².